The van der Waals surface area contributed by atoms with E-state index < -0.39 is 0 Å². The van der Waals surface area contributed by atoms with Crippen molar-refractivity contribution < 1.29 is 9.53 Å². The molecule has 0 saturated carbocycles. The molecule has 0 aliphatic carbocycles. The molecule has 2 fully saturated rings. The van der Waals surface area contributed by atoms with Crippen LogP contribution in [0.1, 0.15) is 26.7 Å². The molecule has 0 radical (unpaired) electrons. The van der Waals surface area contributed by atoms with Crippen molar-refractivity contribution in [2.45, 2.75) is 38.3 Å². The predicted octanol–water partition coefficient (Wildman–Crippen LogP) is 0.376. The highest BCUT2D eigenvalue weighted by atomic mass is 16.5. The summed E-state index contributed by atoms with van der Waals surface area (Å²) >= 11 is 0. The summed E-state index contributed by atoms with van der Waals surface area (Å²) in [5, 5.41) is 3.31. The van der Waals surface area contributed by atoms with Crippen LogP contribution in [0.15, 0.2) is 0 Å². The first kappa shape index (κ1) is 10.9. The summed E-state index contributed by atoms with van der Waals surface area (Å²) in [6.45, 7) is 7.13. The number of hydrogen-bond acceptors (Lipinski definition) is 3. The Morgan fingerprint density at radius 3 is 3.00 bits per heavy atom. The van der Waals surface area contributed by atoms with E-state index in [2.05, 4.69) is 5.32 Å². The minimum atomic E-state index is -0.322. The van der Waals surface area contributed by atoms with E-state index in [-0.39, 0.29) is 17.6 Å². The van der Waals surface area contributed by atoms with E-state index in [9.17, 15) is 4.79 Å². The maximum Gasteiger partial charge on any atom is 0.242 e. The maximum atomic E-state index is 12.3. The number of amides is 1. The topological polar surface area (TPSA) is 41.6 Å². The van der Waals surface area contributed by atoms with Crippen LogP contribution >= 0.6 is 0 Å². The third-order valence-electron chi connectivity index (χ3n) is 3.37. The van der Waals surface area contributed by atoms with Gasteiger partial charge in [-0.25, -0.2) is 0 Å². The summed E-state index contributed by atoms with van der Waals surface area (Å²) in [5.74, 6) is 0.246. The quantitative estimate of drug-likeness (QED) is 0.683. The Kier molecular flexibility index (Phi) is 2.98. The second kappa shape index (κ2) is 4.10. The molecule has 0 spiro atoms. The SMILES string of the molecule is CC1CN(C(=O)C2(C)CCCN2)CCO1. The van der Waals surface area contributed by atoms with Crippen LogP contribution in [-0.2, 0) is 9.53 Å². The molecule has 15 heavy (non-hydrogen) atoms. The third-order valence-corrected chi connectivity index (χ3v) is 3.37. The molecule has 2 rings (SSSR count). The zero-order valence-corrected chi connectivity index (χ0v) is 9.58. The monoisotopic (exact) mass is 212 g/mol. The van der Waals surface area contributed by atoms with Gasteiger partial charge in [0.05, 0.1) is 18.2 Å². The first-order chi connectivity index (χ1) is 7.12. The van der Waals surface area contributed by atoms with Crippen LogP contribution in [0.25, 0.3) is 0 Å². The smallest absolute Gasteiger partial charge is 0.242 e. The Hall–Kier alpha value is -0.610. The second-order valence-corrected chi connectivity index (χ2v) is 4.80. The van der Waals surface area contributed by atoms with Crippen molar-refractivity contribution in [2.75, 3.05) is 26.2 Å². The van der Waals surface area contributed by atoms with Gasteiger partial charge in [0.1, 0.15) is 0 Å². The molecule has 1 N–H and O–H groups in total. The summed E-state index contributed by atoms with van der Waals surface area (Å²) in [4.78, 5) is 14.2. The fraction of sp³-hybridized carbons (Fsp3) is 0.909. The van der Waals surface area contributed by atoms with Gasteiger partial charge in [-0.2, -0.15) is 0 Å². The fourth-order valence-corrected chi connectivity index (χ4v) is 2.43. The van der Waals surface area contributed by atoms with Crippen LogP contribution in [0.4, 0.5) is 0 Å². The minimum absolute atomic E-state index is 0.174. The van der Waals surface area contributed by atoms with E-state index in [0.717, 1.165) is 32.5 Å². The third kappa shape index (κ3) is 2.16. The van der Waals surface area contributed by atoms with E-state index in [0.29, 0.717) is 6.61 Å². The van der Waals surface area contributed by atoms with E-state index in [1.165, 1.54) is 0 Å². The van der Waals surface area contributed by atoms with Gasteiger partial charge in [-0.3, -0.25) is 4.79 Å². The number of carbonyl (C=O) groups excluding carboxylic acids is 1. The normalized spacial score (nSPS) is 36.9. The molecule has 4 heteroatoms. The lowest BCUT2D eigenvalue weighted by atomic mass is 9.98. The number of morpholine rings is 1. The van der Waals surface area contributed by atoms with Crippen LogP contribution in [-0.4, -0.2) is 48.7 Å². The lowest BCUT2D eigenvalue weighted by Crippen LogP contribution is -2.56. The molecule has 2 atom stereocenters. The number of carbonyl (C=O) groups is 1. The number of nitrogens with zero attached hydrogens (tertiary/aromatic N) is 1. The van der Waals surface area contributed by atoms with Crippen molar-refractivity contribution in [2.24, 2.45) is 0 Å². The Morgan fingerprint density at radius 1 is 1.60 bits per heavy atom. The van der Waals surface area contributed by atoms with Crippen molar-refractivity contribution in [1.29, 1.82) is 0 Å². The van der Waals surface area contributed by atoms with E-state index in [1.54, 1.807) is 0 Å². The summed E-state index contributed by atoms with van der Waals surface area (Å²) in [7, 11) is 0. The van der Waals surface area contributed by atoms with Gasteiger partial charge in [0.25, 0.3) is 0 Å². The van der Waals surface area contributed by atoms with Crippen molar-refractivity contribution in [3.63, 3.8) is 0 Å². The van der Waals surface area contributed by atoms with Crippen molar-refractivity contribution >= 4 is 5.91 Å². The summed E-state index contributed by atoms with van der Waals surface area (Å²) in [5.41, 5.74) is -0.322. The molecule has 2 aliphatic heterocycles. The lowest BCUT2D eigenvalue weighted by molar-refractivity contribution is -0.144. The Morgan fingerprint density at radius 2 is 2.40 bits per heavy atom. The van der Waals surface area contributed by atoms with E-state index >= 15 is 0 Å². The second-order valence-electron chi connectivity index (χ2n) is 4.80. The van der Waals surface area contributed by atoms with Crippen LogP contribution in [0.2, 0.25) is 0 Å². The highest BCUT2D eigenvalue weighted by Crippen LogP contribution is 2.22. The fourth-order valence-electron chi connectivity index (χ4n) is 2.43. The van der Waals surface area contributed by atoms with Gasteiger partial charge in [0, 0.05) is 13.1 Å². The largest absolute Gasteiger partial charge is 0.375 e. The highest BCUT2D eigenvalue weighted by Gasteiger charge is 2.39. The molecule has 0 bridgehead atoms. The first-order valence-electron chi connectivity index (χ1n) is 5.78. The molecule has 2 heterocycles. The summed E-state index contributed by atoms with van der Waals surface area (Å²) < 4.78 is 5.44. The Balaban J connectivity index is 2.00. The van der Waals surface area contributed by atoms with Gasteiger partial charge in [-0.1, -0.05) is 0 Å². The average molecular weight is 212 g/mol. The predicted molar refractivity (Wildman–Crippen MR) is 57.6 cm³/mol. The standard InChI is InChI=1S/C11H20N2O2/c1-9-8-13(6-7-15-9)10(14)11(2)4-3-5-12-11/h9,12H,3-8H2,1-2H3. The van der Waals surface area contributed by atoms with Gasteiger partial charge >= 0.3 is 0 Å². The summed E-state index contributed by atoms with van der Waals surface area (Å²) in [6.07, 6.45) is 2.23. The molecule has 86 valence electrons. The molecule has 2 saturated heterocycles. The average Bonchev–Trinajstić information content (AvgIpc) is 2.65. The number of rotatable bonds is 1. The Labute approximate surface area is 91.0 Å². The molecule has 0 aromatic rings. The lowest BCUT2D eigenvalue weighted by Gasteiger charge is -2.36. The first-order valence-corrected chi connectivity index (χ1v) is 5.78. The van der Waals surface area contributed by atoms with Gasteiger partial charge in [0.2, 0.25) is 5.91 Å². The maximum absolute atomic E-state index is 12.3. The van der Waals surface area contributed by atoms with Crippen LogP contribution < -0.4 is 5.32 Å². The zero-order valence-electron chi connectivity index (χ0n) is 9.58. The number of hydrogen-bond donors (Lipinski definition) is 1. The molecule has 4 nitrogen and oxygen atoms in total. The minimum Gasteiger partial charge on any atom is -0.375 e. The van der Waals surface area contributed by atoms with Crippen LogP contribution in [0.5, 0.6) is 0 Å². The number of nitrogens with one attached hydrogen (secondary N) is 1. The van der Waals surface area contributed by atoms with E-state index in [1.807, 2.05) is 18.7 Å². The van der Waals surface area contributed by atoms with Gasteiger partial charge in [0.15, 0.2) is 0 Å². The van der Waals surface area contributed by atoms with Crippen molar-refractivity contribution in [1.82, 2.24) is 10.2 Å². The molecular formula is C11H20N2O2. The molecule has 2 aliphatic rings. The zero-order chi connectivity index (χ0) is 10.9. The Bertz CT molecular complexity index is 249. The molecule has 2 unspecified atom stereocenters. The van der Waals surface area contributed by atoms with Crippen molar-refractivity contribution in [3.05, 3.63) is 0 Å². The number of ether oxygens (including phenoxy) is 1. The van der Waals surface area contributed by atoms with Crippen molar-refractivity contribution in [3.8, 4) is 0 Å². The molecular weight excluding hydrogens is 192 g/mol. The highest BCUT2D eigenvalue weighted by molar-refractivity contribution is 5.86. The van der Waals surface area contributed by atoms with Crippen LogP contribution in [0, 0.1) is 0 Å². The van der Waals surface area contributed by atoms with Gasteiger partial charge in [-0.15, -0.1) is 0 Å². The molecule has 1 amide bonds. The molecule has 0 aromatic carbocycles. The van der Waals surface area contributed by atoms with E-state index in [4.69, 9.17) is 4.74 Å². The van der Waals surface area contributed by atoms with Gasteiger partial charge < -0.3 is 15.0 Å². The molecule has 0 aromatic heterocycles. The van der Waals surface area contributed by atoms with Gasteiger partial charge in [-0.05, 0) is 33.2 Å². The summed E-state index contributed by atoms with van der Waals surface area (Å²) in [6, 6.07) is 0. The van der Waals surface area contributed by atoms with Crippen LogP contribution in [0.3, 0.4) is 0 Å².